The van der Waals surface area contributed by atoms with Gasteiger partial charge >= 0.3 is 5.97 Å². The molecule has 90 valence electrons. The first-order valence-corrected chi connectivity index (χ1v) is 5.85. The zero-order valence-corrected chi connectivity index (χ0v) is 10.1. The van der Waals surface area contributed by atoms with Crippen molar-refractivity contribution < 1.29 is 14.3 Å². The van der Waals surface area contributed by atoms with Crippen molar-refractivity contribution in [2.45, 2.75) is 45.3 Å². The van der Waals surface area contributed by atoms with Crippen molar-refractivity contribution in [3.63, 3.8) is 0 Å². The summed E-state index contributed by atoms with van der Waals surface area (Å²) in [4.78, 5) is 23.2. The van der Waals surface area contributed by atoms with Gasteiger partial charge in [0.1, 0.15) is 17.4 Å². The maximum atomic E-state index is 11.9. The van der Waals surface area contributed by atoms with E-state index in [0.29, 0.717) is 18.8 Å². The summed E-state index contributed by atoms with van der Waals surface area (Å²) < 4.78 is 5.35. The van der Waals surface area contributed by atoms with Crippen LogP contribution in [-0.4, -0.2) is 29.9 Å². The van der Waals surface area contributed by atoms with Gasteiger partial charge in [-0.25, -0.2) is 0 Å². The second-order valence-corrected chi connectivity index (χ2v) is 5.79. The highest BCUT2D eigenvalue weighted by Crippen LogP contribution is 2.36. The summed E-state index contributed by atoms with van der Waals surface area (Å²) in [5.74, 6) is 0.562. The van der Waals surface area contributed by atoms with Crippen LogP contribution in [0.25, 0.3) is 0 Å². The van der Waals surface area contributed by atoms with E-state index in [0.717, 1.165) is 6.54 Å². The number of ketones is 1. The highest BCUT2D eigenvalue weighted by atomic mass is 16.6. The second-order valence-electron chi connectivity index (χ2n) is 5.79. The first kappa shape index (κ1) is 11.6. The molecule has 2 aliphatic rings. The van der Waals surface area contributed by atoms with Gasteiger partial charge in [0, 0.05) is 12.8 Å². The normalized spacial score (nSPS) is 33.9. The van der Waals surface area contributed by atoms with Gasteiger partial charge in [-0.15, -0.1) is 0 Å². The summed E-state index contributed by atoms with van der Waals surface area (Å²) in [5, 5.41) is 3.17. The topological polar surface area (TPSA) is 55.4 Å². The number of carbonyl (C=O) groups excluding carboxylic acids is 2. The van der Waals surface area contributed by atoms with E-state index in [1.54, 1.807) is 0 Å². The molecule has 1 aliphatic heterocycles. The Hall–Kier alpha value is -0.900. The van der Waals surface area contributed by atoms with Gasteiger partial charge in [0.2, 0.25) is 0 Å². The van der Waals surface area contributed by atoms with Gasteiger partial charge in [0.05, 0.1) is 0 Å². The monoisotopic (exact) mass is 225 g/mol. The van der Waals surface area contributed by atoms with Gasteiger partial charge in [0.15, 0.2) is 0 Å². The Morgan fingerprint density at radius 2 is 2.06 bits per heavy atom. The van der Waals surface area contributed by atoms with Crippen LogP contribution >= 0.6 is 0 Å². The number of ether oxygens (including phenoxy) is 1. The van der Waals surface area contributed by atoms with Crippen molar-refractivity contribution in [1.29, 1.82) is 0 Å². The van der Waals surface area contributed by atoms with Crippen LogP contribution in [0.4, 0.5) is 0 Å². The molecule has 4 heteroatoms. The molecule has 0 aromatic carbocycles. The summed E-state index contributed by atoms with van der Waals surface area (Å²) in [6, 6.07) is -0.282. The molecule has 3 atom stereocenters. The van der Waals surface area contributed by atoms with E-state index in [1.807, 2.05) is 20.8 Å². The molecule has 2 rings (SSSR count). The summed E-state index contributed by atoms with van der Waals surface area (Å²) in [7, 11) is 0. The first-order valence-electron chi connectivity index (χ1n) is 5.85. The van der Waals surface area contributed by atoms with Crippen LogP contribution < -0.4 is 5.32 Å². The maximum absolute atomic E-state index is 11.9. The molecule has 1 heterocycles. The lowest BCUT2D eigenvalue weighted by Crippen LogP contribution is -2.40. The summed E-state index contributed by atoms with van der Waals surface area (Å²) in [6.07, 6.45) is 1.15. The number of fused-ring (bicyclic) bond motifs is 1. The SMILES string of the molecule is CC(C)(C)OC(=O)C1NCC2CC(=O)CC21. The fraction of sp³-hybridized carbons (Fsp3) is 0.833. The Balaban J connectivity index is 2.00. The third kappa shape index (κ3) is 2.26. The lowest BCUT2D eigenvalue weighted by Gasteiger charge is -2.24. The van der Waals surface area contributed by atoms with Gasteiger partial charge in [0.25, 0.3) is 0 Å². The van der Waals surface area contributed by atoms with Crippen LogP contribution in [0.5, 0.6) is 0 Å². The van der Waals surface area contributed by atoms with Crippen LogP contribution in [0.1, 0.15) is 33.6 Å². The molecule has 1 saturated carbocycles. The smallest absolute Gasteiger partial charge is 0.323 e. The predicted molar refractivity (Wildman–Crippen MR) is 58.9 cm³/mol. The molecule has 1 saturated heterocycles. The molecule has 0 aromatic rings. The Kier molecular flexibility index (Phi) is 2.78. The number of rotatable bonds is 1. The van der Waals surface area contributed by atoms with Gasteiger partial charge in [-0.2, -0.15) is 0 Å². The second kappa shape index (κ2) is 3.84. The minimum atomic E-state index is -0.459. The van der Waals surface area contributed by atoms with Gasteiger partial charge < -0.3 is 10.1 Å². The van der Waals surface area contributed by atoms with Crippen molar-refractivity contribution in [1.82, 2.24) is 5.32 Å². The van der Waals surface area contributed by atoms with Gasteiger partial charge in [-0.1, -0.05) is 0 Å². The third-order valence-electron chi connectivity index (χ3n) is 3.25. The fourth-order valence-electron chi connectivity index (χ4n) is 2.62. The molecule has 2 fully saturated rings. The van der Waals surface area contributed by atoms with Crippen molar-refractivity contribution in [3.05, 3.63) is 0 Å². The highest BCUT2D eigenvalue weighted by Gasteiger charge is 2.46. The minimum absolute atomic E-state index is 0.155. The van der Waals surface area contributed by atoms with E-state index in [4.69, 9.17) is 4.74 Å². The van der Waals surface area contributed by atoms with Gasteiger partial charge in [-0.05, 0) is 39.2 Å². The average Bonchev–Trinajstić information content (AvgIpc) is 2.58. The van der Waals surface area contributed by atoms with E-state index in [1.165, 1.54) is 0 Å². The fourth-order valence-corrected chi connectivity index (χ4v) is 2.62. The largest absolute Gasteiger partial charge is 0.459 e. The van der Waals surface area contributed by atoms with Crippen molar-refractivity contribution in [3.8, 4) is 0 Å². The minimum Gasteiger partial charge on any atom is -0.459 e. The molecule has 0 aromatic heterocycles. The van der Waals surface area contributed by atoms with E-state index in [-0.39, 0.29) is 23.7 Å². The molecule has 0 bridgehead atoms. The van der Waals surface area contributed by atoms with Crippen LogP contribution in [0.2, 0.25) is 0 Å². The summed E-state index contributed by atoms with van der Waals surface area (Å²) in [6.45, 7) is 6.34. The highest BCUT2D eigenvalue weighted by molar-refractivity contribution is 5.85. The van der Waals surface area contributed by atoms with E-state index in [2.05, 4.69) is 5.32 Å². The van der Waals surface area contributed by atoms with Crippen molar-refractivity contribution >= 4 is 11.8 Å². The number of Topliss-reactive ketones (excluding diaryl/α,β-unsaturated/α-hetero) is 1. The molecule has 4 nitrogen and oxygen atoms in total. The molecule has 1 N–H and O–H groups in total. The predicted octanol–water partition coefficient (Wildman–Crippen LogP) is 0.895. The number of nitrogens with one attached hydrogen (secondary N) is 1. The molecule has 16 heavy (non-hydrogen) atoms. The molecule has 0 spiro atoms. The van der Waals surface area contributed by atoms with Crippen LogP contribution in [0, 0.1) is 11.8 Å². The molecule has 3 unspecified atom stereocenters. The maximum Gasteiger partial charge on any atom is 0.323 e. The number of carbonyl (C=O) groups is 2. The van der Waals surface area contributed by atoms with Crippen molar-refractivity contribution in [2.24, 2.45) is 11.8 Å². The van der Waals surface area contributed by atoms with E-state index >= 15 is 0 Å². The molecular weight excluding hydrogens is 206 g/mol. The Morgan fingerprint density at radius 3 is 2.69 bits per heavy atom. The Bertz CT molecular complexity index is 319. The van der Waals surface area contributed by atoms with E-state index < -0.39 is 5.60 Å². The third-order valence-corrected chi connectivity index (χ3v) is 3.25. The van der Waals surface area contributed by atoms with Crippen LogP contribution in [0.3, 0.4) is 0 Å². The Morgan fingerprint density at radius 1 is 1.38 bits per heavy atom. The Labute approximate surface area is 95.7 Å². The van der Waals surface area contributed by atoms with Gasteiger partial charge in [-0.3, -0.25) is 9.59 Å². The van der Waals surface area contributed by atoms with Crippen molar-refractivity contribution in [2.75, 3.05) is 6.54 Å². The van der Waals surface area contributed by atoms with Crippen LogP contribution in [0.15, 0.2) is 0 Å². The number of esters is 1. The lowest BCUT2D eigenvalue weighted by molar-refractivity contribution is -0.158. The molecular formula is C12H19NO3. The summed E-state index contributed by atoms with van der Waals surface area (Å²) in [5.41, 5.74) is -0.459. The standard InChI is InChI=1S/C12H19NO3/c1-12(2,3)16-11(15)10-9-5-8(14)4-7(9)6-13-10/h7,9-10,13H,4-6H2,1-3H3. The number of hydrogen-bond donors (Lipinski definition) is 1. The average molecular weight is 225 g/mol. The van der Waals surface area contributed by atoms with E-state index in [9.17, 15) is 9.59 Å². The molecule has 0 radical (unpaired) electrons. The molecule has 1 aliphatic carbocycles. The van der Waals surface area contributed by atoms with Crippen LogP contribution in [-0.2, 0) is 14.3 Å². The quantitative estimate of drug-likeness (QED) is 0.673. The first-order chi connectivity index (χ1) is 7.37. The summed E-state index contributed by atoms with van der Waals surface area (Å²) >= 11 is 0. The molecule has 0 amide bonds. The zero-order valence-electron chi connectivity index (χ0n) is 10.1. The number of hydrogen-bond acceptors (Lipinski definition) is 4. The lowest BCUT2D eigenvalue weighted by atomic mass is 9.94. The zero-order chi connectivity index (χ0) is 11.9.